The van der Waals surface area contributed by atoms with Crippen molar-refractivity contribution in [2.45, 2.75) is 57.3 Å². The second-order valence-corrected chi connectivity index (χ2v) is 9.82. The molecule has 3 N–H and O–H groups in total. The Morgan fingerprint density at radius 3 is 2.94 bits per heavy atom. The minimum absolute atomic E-state index is 0.0632. The average Bonchev–Trinajstić information content (AvgIpc) is 3.20. The Morgan fingerprint density at radius 2 is 2.12 bits per heavy atom. The van der Waals surface area contributed by atoms with Gasteiger partial charge in [-0.2, -0.15) is 5.10 Å². The molecule has 2 fully saturated rings. The Kier molecular flexibility index (Phi) is 5.02. The van der Waals surface area contributed by atoms with E-state index in [0.717, 1.165) is 54.4 Å². The van der Waals surface area contributed by atoms with Gasteiger partial charge in [0.15, 0.2) is 0 Å². The summed E-state index contributed by atoms with van der Waals surface area (Å²) in [7, 11) is 0. The molecule has 0 unspecified atom stereocenters. The Labute approximate surface area is 196 Å². The highest BCUT2D eigenvalue weighted by atomic mass is 16.5. The molecule has 0 bridgehead atoms. The summed E-state index contributed by atoms with van der Waals surface area (Å²) in [5.74, 6) is 0.0419. The van der Waals surface area contributed by atoms with Crippen molar-refractivity contribution in [3.63, 3.8) is 0 Å². The first kappa shape index (κ1) is 21.1. The minimum atomic E-state index is -0.405. The monoisotopic (exact) mass is 461 g/mol. The predicted octanol–water partition coefficient (Wildman–Crippen LogP) is 1.95. The van der Waals surface area contributed by atoms with Crippen molar-refractivity contribution in [1.29, 1.82) is 0 Å². The van der Waals surface area contributed by atoms with Gasteiger partial charge in [-0.1, -0.05) is 6.07 Å². The molecule has 1 aliphatic heterocycles. The fourth-order valence-electron chi connectivity index (χ4n) is 5.67. The zero-order chi connectivity index (χ0) is 23.3. The summed E-state index contributed by atoms with van der Waals surface area (Å²) in [6.45, 7) is 1.15. The van der Waals surface area contributed by atoms with Crippen LogP contribution in [0, 0.1) is 5.41 Å². The third-order valence-corrected chi connectivity index (χ3v) is 7.30. The molecular weight excluding hydrogens is 434 g/mol. The molecule has 0 radical (unpaired) electrons. The van der Waals surface area contributed by atoms with Gasteiger partial charge in [-0.3, -0.25) is 9.59 Å². The summed E-state index contributed by atoms with van der Waals surface area (Å²) in [6.07, 6.45) is 8.10. The third kappa shape index (κ3) is 3.79. The number of primary amides is 1. The third-order valence-electron chi connectivity index (χ3n) is 7.30. The number of ether oxygens (including phenoxy) is 2. The number of hydrogen-bond donors (Lipinski definition) is 2. The number of carbonyl (C=O) groups is 2. The van der Waals surface area contributed by atoms with Gasteiger partial charge in [-0.15, -0.1) is 0 Å². The van der Waals surface area contributed by atoms with Gasteiger partial charge in [0.25, 0.3) is 5.91 Å². The summed E-state index contributed by atoms with van der Waals surface area (Å²) in [6, 6.07) is 7.80. The summed E-state index contributed by atoms with van der Waals surface area (Å²) in [4.78, 5) is 29.0. The molecule has 3 aromatic heterocycles. The van der Waals surface area contributed by atoms with Crippen molar-refractivity contribution in [3.05, 3.63) is 59.0 Å². The van der Waals surface area contributed by atoms with Crippen molar-refractivity contribution in [2.75, 3.05) is 6.61 Å². The van der Waals surface area contributed by atoms with E-state index in [9.17, 15) is 9.59 Å². The van der Waals surface area contributed by atoms with Crippen LogP contribution in [0.15, 0.2) is 36.7 Å². The average molecular weight is 462 g/mol. The van der Waals surface area contributed by atoms with Crippen LogP contribution in [0.25, 0.3) is 5.52 Å². The summed E-state index contributed by atoms with van der Waals surface area (Å²) >= 11 is 0. The number of nitrogens with one attached hydrogen (secondary N) is 1. The predicted molar refractivity (Wildman–Crippen MR) is 122 cm³/mol. The van der Waals surface area contributed by atoms with E-state index in [-0.39, 0.29) is 29.9 Å². The second-order valence-electron chi connectivity index (χ2n) is 9.82. The molecule has 34 heavy (non-hydrogen) atoms. The smallest absolute Gasteiger partial charge is 0.255 e. The zero-order valence-electron chi connectivity index (χ0n) is 18.8. The standard InChI is InChI=1S/C25H27N5O4/c26-22(31)8-15-7-16-14-33-6-4-20(16)29-24(15)34-18-11-25(12-18)9-17(10-25)28-23(32)19-13-27-30-5-2-1-3-21(19)30/h1-3,5,7,13,17-18H,4,6,8-12,14H2,(H2,26,31)(H,28,32). The van der Waals surface area contributed by atoms with Crippen LogP contribution in [0.3, 0.4) is 0 Å². The summed E-state index contributed by atoms with van der Waals surface area (Å²) in [5.41, 5.74) is 9.78. The molecule has 1 spiro atoms. The molecule has 3 aromatic rings. The van der Waals surface area contributed by atoms with Gasteiger partial charge >= 0.3 is 0 Å². The van der Waals surface area contributed by atoms with Crippen molar-refractivity contribution in [1.82, 2.24) is 19.9 Å². The molecule has 9 nitrogen and oxygen atoms in total. The van der Waals surface area contributed by atoms with Crippen LogP contribution in [-0.2, 0) is 29.0 Å². The van der Waals surface area contributed by atoms with E-state index in [4.69, 9.17) is 20.2 Å². The number of amides is 2. The van der Waals surface area contributed by atoms with E-state index < -0.39 is 5.91 Å². The molecule has 0 aromatic carbocycles. The number of nitrogens with two attached hydrogens (primary N) is 1. The highest BCUT2D eigenvalue weighted by Crippen LogP contribution is 2.57. The summed E-state index contributed by atoms with van der Waals surface area (Å²) < 4.78 is 13.5. The topological polar surface area (TPSA) is 121 Å². The molecular formula is C25H27N5O4. The number of hydrogen-bond acceptors (Lipinski definition) is 6. The fraction of sp³-hybridized carbons (Fsp3) is 0.440. The summed E-state index contributed by atoms with van der Waals surface area (Å²) in [5, 5.41) is 7.40. The zero-order valence-corrected chi connectivity index (χ0v) is 18.8. The van der Waals surface area contributed by atoms with Crippen LogP contribution >= 0.6 is 0 Å². The molecule has 0 saturated heterocycles. The molecule has 6 rings (SSSR count). The quantitative estimate of drug-likeness (QED) is 0.579. The Balaban J connectivity index is 1.06. The lowest BCUT2D eigenvalue weighted by atomic mass is 9.53. The van der Waals surface area contributed by atoms with Crippen molar-refractivity contribution < 1.29 is 19.1 Å². The Bertz CT molecular complexity index is 1270. The van der Waals surface area contributed by atoms with E-state index in [0.29, 0.717) is 24.7 Å². The van der Waals surface area contributed by atoms with Gasteiger partial charge in [0.2, 0.25) is 11.8 Å². The molecule has 4 heterocycles. The van der Waals surface area contributed by atoms with E-state index in [1.54, 1.807) is 10.7 Å². The van der Waals surface area contributed by atoms with E-state index in [1.807, 2.05) is 30.5 Å². The number of nitrogens with zero attached hydrogens (tertiary/aromatic N) is 3. The van der Waals surface area contributed by atoms with Crippen molar-refractivity contribution in [2.24, 2.45) is 11.1 Å². The van der Waals surface area contributed by atoms with Gasteiger partial charge in [-0.05, 0) is 54.9 Å². The van der Waals surface area contributed by atoms with Crippen LogP contribution in [0.5, 0.6) is 5.88 Å². The molecule has 2 aliphatic carbocycles. The van der Waals surface area contributed by atoms with E-state index in [2.05, 4.69) is 10.4 Å². The first-order valence-electron chi connectivity index (χ1n) is 11.8. The highest BCUT2D eigenvalue weighted by Gasteiger charge is 2.54. The molecule has 2 saturated carbocycles. The highest BCUT2D eigenvalue weighted by molar-refractivity contribution is 6.00. The fourth-order valence-corrected chi connectivity index (χ4v) is 5.67. The molecule has 0 atom stereocenters. The maximum Gasteiger partial charge on any atom is 0.255 e. The van der Waals surface area contributed by atoms with Crippen molar-refractivity contribution >= 4 is 17.3 Å². The lowest BCUT2D eigenvalue weighted by Gasteiger charge is -2.57. The number of rotatable bonds is 6. The Hall–Kier alpha value is -3.46. The maximum absolute atomic E-state index is 12.7. The van der Waals surface area contributed by atoms with Gasteiger partial charge in [0.1, 0.15) is 6.10 Å². The van der Waals surface area contributed by atoms with Gasteiger partial charge < -0.3 is 20.5 Å². The van der Waals surface area contributed by atoms with Gasteiger partial charge in [0.05, 0.1) is 42.6 Å². The Morgan fingerprint density at radius 1 is 1.26 bits per heavy atom. The second kappa shape index (κ2) is 8.09. The first-order valence-corrected chi connectivity index (χ1v) is 11.8. The lowest BCUT2D eigenvalue weighted by molar-refractivity contribution is -0.117. The normalized spacial score (nSPS) is 25.3. The van der Waals surface area contributed by atoms with Crippen LogP contribution in [0.4, 0.5) is 0 Å². The number of carbonyl (C=O) groups excluding carboxylic acids is 2. The lowest BCUT2D eigenvalue weighted by Crippen LogP contribution is -2.58. The van der Waals surface area contributed by atoms with E-state index in [1.165, 1.54) is 0 Å². The molecule has 176 valence electrons. The van der Waals surface area contributed by atoms with Crippen LogP contribution in [-0.4, -0.2) is 45.2 Å². The molecule has 9 heteroatoms. The van der Waals surface area contributed by atoms with Crippen LogP contribution < -0.4 is 15.8 Å². The number of aromatic nitrogens is 3. The minimum Gasteiger partial charge on any atom is -0.474 e. The molecule has 3 aliphatic rings. The van der Waals surface area contributed by atoms with Crippen LogP contribution in [0.2, 0.25) is 0 Å². The molecule has 2 amide bonds. The van der Waals surface area contributed by atoms with E-state index >= 15 is 0 Å². The largest absolute Gasteiger partial charge is 0.474 e. The number of fused-ring (bicyclic) bond motifs is 2. The maximum atomic E-state index is 12.7. The number of pyridine rings is 2. The van der Waals surface area contributed by atoms with Gasteiger partial charge in [0, 0.05) is 24.2 Å². The van der Waals surface area contributed by atoms with Crippen molar-refractivity contribution in [3.8, 4) is 5.88 Å². The first-order chi connectivity index (χ1) is 16.5. The van der Waals surface area contributed by atoms with Crippen LogP contribution in [0.1, 0.15) is 52.9 Å². The SMILES string of the molecule is NC(=O)Cc1cc2c(nc1OC1CC3(CC(NC(=O)c4cnn5ccccc45)C3)C1)CCOC2. The van der Waals surface area contributed by atoms with Gasteiger partial charge in [-0.25, -0.2) is 9.50 Å².